The summed E-state index contributed by atoms with van der Waals surface area (Å²) in [4.78, 5) is 13.5. The van der Waals surface area contributed by atoms with Crippen molar-refractivity contribution in [2.45, 2.75) is 12.8 Å². The minimum absolute atomic E-state index is 0.174. The number of hydrogen-bond donors (Lipinski definition) is 0. The third-order valence-electron chi connectivity index (χ3n) is 7.24. The van der Waals surface area contributed by atoms with E-state index in [9.17, 15) is 4.79 Å². The number of aryl methyl sites for hydroxylation is 1. The Morgan fingerprint density at radius 1 is 0.707 bits per heavy atom. The molecule has 208 valence electrons. The third-order valence-corrected chi connectivity index (χ3v) is 7.24. The van der Waals surface area contributed by atoms with Crippen molar-refractivity contribution in [2.24, 2.45) is 0 Å². The zero-order valence-corrected chi connectivity index (χ0v) is 23.8. The molecule has 0 radical (unpaired) electrons. The van der Waals surface area contributed by atoms with Crippen LogP contribution in [0.4, 0.5) is 0 Å². The maximum absolute atomic E-state index is 13.5. The van der Waals surface area contributed by atoms with Crippen LogP contribution in [0.1, 0.15) is 38.5 Å². The van der Waals surface area contributed by atoms with E-state index in [0.717, 1.165) is 33.6 Å². The van der Waals surface area contributed by atoms with E-state index < -0.39 is 0 Å². The summed E-state index contributed by atoms with van der Waals surface area (Å²) in [6.45, 7) is 2.10. The second-order valence-corrected chi connectivity index (χ2v) is 9.55. The number of hydrogen-bond acceptors (Lipinski definition) is 6. The van der Waals surface area contributed by atoms with Crippen LogP contribution in [-0.4, -0.2) is 34.2 Å². The van der Waals surface area contributed by atoms with Crippen molar-refractivity contribution in [3.05, 3.63) is 130 Å². The highest BCUT2D eigenvalue weighted by atomic mass is 16.5. The van der Waals surface area contributed by atoms with E-state index in [4.69, 9.17) is 23.7 Å². The highest BCUT2D eigenvalue weighted by Crippen LogP contribution is 2.47. The van der Waals surface area contributed by atoms with Crippen LogP contribution in [0, 0.1) is 6.92 Å². The second-order valence-electron chi connectivity index (χ2n) is 9.55. The lowest BCUT2D eigenvalue weighted by Gasteiger charge is -2.31. The summed E-state index contributed by atoms with van der Waals surface area (Å²) in [6.07, 6.45) is 3.44. The van der Waals surface area contributed by atoms with E-state index in [1.165, 1.54) is 0 Å². The van der Waals surface area contributed by atoms with E-state index in [1.54, 1.807) is 52.7 Å². The molecule has 0 spiro atoms. The van der Waals surface area contributed by atoms with Crippen molar-refractivity contribution in [3.8, 4) is 28.7 Å². The zero-order valence-electron chi connectivity index (χ0n) is 23.8. The van der Waals surface area contributed by atoms with Crippen LogP contribution >= 0.6 is 0 Å². The van der Waals surface area contributed by atoms with Gasteiger partial charge in [0, 0.05) is 28.2 Å². The first-order valence-electron chi connectivity index (χ1n) is 13.2. The number of fused-ring (bicyclic) bond motifs is 1. The highest BCUT2D eigenvalue weighted by Gasteiger charge is 2.31. The van der Waals surface area contributed by atoms with Gasteiger partial charge in [-0.15, -0.1) is 0 Å². The number of methoxy groups -OCH3 is 4. The molecule has 1 aliphatic heterocycles. The van der Waals surface area contributed by atoms with Crippen LogP contribution in [0.15, 0.2) is 103 Å². The Labute approximate surface area is 240 Å². The summed E-state index contributed by atoms with van der Waals surface area (Å²) in [5, 5.41) is 0. The van der Waals surface area contributed by atoms with Gasteiger partial charge in [-0.2, -0.15) is 0 Å². The van der Waals surface area contributed by atoms with Crippen molar-refractivity contribution in [2.75, 3.05) is 28.4 Å². The number of allylic oxidation sites excluding steroid dienone is 3. The first-order valence-corrected chi connectivity index (χ1v) is 13.2. The molecule has 6 heteroatoms. The molecule has 1 aliphatic rings. The summed E-state index contributed by atoms with van der Waals surface area (Å²) in [6, 6.07) is 27.1. The topological polar surface area (TPSA) is 63.2 Å². The summed E-state index contributed by atoms with van der Waals surface area (Å²) >= 11 is 0. The van der Waals surface area contributed by atoms with Crippen LogP contribution in [0.3, 0.4) is 0 Å². The van der Waals surface area contributed by atoms with E-state index in [0.29, 0.717) is 34.3 Å². The Balaban J connectivity index is 1.70. The van der Waals surface area contributed by atoms with Crippen LogP contribution in [0.5, 0.6) is 28.7 Å². The van der Waals surface area contributed by atoms with Gasteiger partial charge < -0.3 is 23.7 Å². The van der Waals surface area contributed by atoms with Gasteiger partial charge in [0.25, 0.3) is 0 Å². The molecule has 0 aromatic heterocycles. The fourth-order valence-corrected chi connectivity index (χ4v) is 5.15. The van der Waals surface area contributed by atoms with E-state index in [1.807, 2.05) is 54.6 Å². The molecule has 1 heterocycles. The smallest absolute Gasteiger partial charge is 0.185 e. The molecule has 0 fully saturated rings. The molecule has 0 bridgehead atoms. The molecule has 6 nitrogen and oxygen atoms in total. The summed E-state index contributed by atoms with van der Waals surface area (Å²) in [7, 11) is 6.32. The molecule has 0 saturated heterocycles. The molecule has 1 atom stereocenters. The SMILES string of the molecule is COc1ccc(C(=O)/C=C/C2=C(c3ccc(OC)c(OC)c3)Oc3ccccc3[C@@H]2c2ccccc2C)cc1OC. The van der Waals surface area contributed by atoms with Gasteiger partial charge in [0.05, 0.1) is 28.4 Å². The first kappa shape index (κ1) is 27.6. The first-order chi connectivity index (χ1) is 20.0. The molecule has 41 heavy (non-hydrogen) atoms. The van der Waals surface area contributed by atoms with Crippen molar-refractivity contribution in [1.29, 1.82) is 0 Å². The normalized spacial score (nSPS) is 14.3. The Morgan fingerprint density at radius 2 is 1.32 bits per heavy atom. The van der Waals surface area contributed by atoms with Crippen molar-refractivity contribution >= 4 is 11.5 Å². The van der Waals surface area contributed by atoms with E-state index in [-0.39, 0.29) is 11.7 Å². The average Bonchev–Trinajstić information content (AvgIpc) is 3.02. The largest absolute Gasteiger partial charge is 0.493 e. The molecule has 0 aliphatic carbocycles. The number of ketones is 1. The Morgan fingerprint density at radius 3 is 2.00 bits per heavy atom. The molecule has 4 aromatic rings. The summed E-state index contributed by atoms with van der Waals surface area (Å²) in [5.74, 6) is 3.28. The number of rotatable bonds is 9. The van der Waals surface area contributed by atoms with Crippen molar-refractivity contribution in [3.63, 3.8) is 0 Å². The fourth-order valence-electron chi connectivity index (χ4n) is 5.15. The lowest BCUT2D eigenvalue weighted by atomic mass is 9.79. The second kappa shape index (κ2) is 12.0. The quantitative estimate of drug-likeness (QED) is 0.160. The summed E-state index contributed by atoms with van der Waals surface area (Å²) < 4.78 is 28.4. The number of ether oxygens (including phenoxy) is 5. The molecular weight excluding hydrogens is 516 g/mol. The number of carbonyl (C=O) groups excluding carboxylic acids is 1. The molecule has 0 amide bonds. The number of para-hydroxylation sites is 1. The standard InChI is InChI=1S/C35H32O6/c1-22-10-6-7-11-25(22)34-26-12-8-9-13-29(26)41-35(24-15-19-31(38-3)33(21-24)40-5)27(34)16-17-28(36)23-14-18-30(37-2)32(20-23)39-4/h6-21,34H,1-5H3/b17-16+/t34-/m0/s1. The Bertz CT molecular complexity index is 1650. The lowest BCUT2D eigenvalue weighted by molar-refractivity contribution is 0.104. The van der Waals surface area contributed by atoms with Gasteiger partial charge in [0.15, 0.2) is 28.8 Å². The van der Waals surface area contributed by atoms with Crippen LogP contribution in [-0.2, 0) is 0 Å². The minimum atomic E-state index is -0.182. The predicted molar refractivity (Wildman–Crippen MR) is 160 cm³/mol. The maximum Gasteiger partial charge on any atom is 0.185 e. The van der Waals surface area contributed by atoms with Crippen molar-refractivity contribution < 1.29 is 28.5 Å². The van der Waals surface area contributed by atoms with Crippen molar-refractivity contribution in [1.82, 2.24) is 0 Å². The monoisotopic (exact) mass is 548 g/mol. The van der Waals surface area contributed by atoms with E-state index in [2.05, 4.69) is 25.1 Å². The fraction of sp³-hybridized carbons (Fsp3) is 0.171. The van der Waals surface area contributed by atoms with Gasteiger partial charge in [0.2, 0.25) is 0 Å². The van der Waals surface area contributed by atoms with Gasteiger partial charge in [-0.25, -0.2) is 0 Å². The van der Waals surface area contributed by atoms with Crippen LogP contribution < -0.4 is 23.7 Å². The summed E-state index contributed by atoms with van der Waals surface area (Å²) in [5.41, 5.74) is 5.41. The van der Waals surface area contributed by atoms with Crippen LogP contribution in [0.25, 0.3) is 5.76 Å². The Hall–Kier alpha value is -4.97. The highest BCUT2D eigenvalue weighted by molar-refractivity contribution is 6.05. The molecule has 5 rings (SSSR count). The predicted octanol–water partition coefficient (Wildman–Crippen LogP) is 7.40. The van der Waals surface area contributed by atoms with Crippen LogP contribution in [0.2, 0.25) is 0 Å². The average molecular weight is 549 g/mol. The minimum Gasteiger partial charge on any atom is -0.493 e. The Kier molecular flexibility index (Phi) is 8.11. The molecular formula is C35H32O6. The molecule has 4 aromatic carbocycles. The van der Waals surface area contributed by atoms with Gasteiger partial charge in [-0.3, -0.25) is 4.79 Å². The van der Waals surface area contributed by atoms with Gasteiger partial charge in [0.1, 0.15) is 11.5 Å². The van der Waals surface area contributed by atoms with Gasteiger partial charge in [-0.1, -0.05) is 48.5 Å². The lowest BCUT2D eigenvalue weighted by Crippen LogP contribution is -2.16. The molecule has 0 saturated carbocycles. The maximum atomic E-state index is 13.5. The van der Waals surface area contributed by atoms with Gasteiger partial charge >= 0.3 is 0 Å². The zero-order chi connectivity index (χ0) is 28.9. The molecule has 0 N–H and O–H groups in total. The van der Waals surface area contributed by atoms with E-state index >= 15 is 0 Å². The third kappa shape index (κ3) is 5.41. The number of benzene rings is 4. The number of carbonyl (C=O) groups is 1. The van der Waals surface area contributed by atoms with Gasteiger partial charge in [-0.05, 0) is 66.6 Å². The molecule has 0 unspecified atom stereocenters.